The van der Waals surface area contributed by atoms with Crippen molar-refractivity contribution < 1.29 is 0 Å². The summed E-state index contributed by atoms with van der Waals surface area (Å²) in [6.45, 7) is 2.34. The van der Waals surface area contributed by atoms with Crippen LogP contribution in [0.3, 0.4) is 0 Å². The van der Waals surface area contributed by atoms with Crippen molar-refractivity contribution in [1.82, 2.24) is 5.32 Å². The predicted molar refractivity (Wildman–Crippen MR) is 79.4 cm³/mol. The minimum atomic E-state index is 0.323. The standard InChI is InChI=1S/C15H21Cl2N/c1-10-3-5-11(6-4-10)15(18-2)13-9-12(16)7-8-14(13)17/h7-11,15,18H,3-6H2,1-2H3. The molecule has 0 bridgehead atoms. The van der Waals surface area contributed by atoms with Gasteiger partial charge in [0, 0.05) is 16.1 Å². The van der Waals surface area contributed by atoms with Crippen LogP contribution in [0.25, 0.3) is 0 Å². The van der Waals surface area contributed by atoms with Crippen LogP contribution in [-0.4, -0.2) is 7.05 Å². The van der Waals surface area contributed by atoms with Crippen molar-refractivity contribution in [1.29, 1.82) is 0 Å². The van der Waals surface area contributed by atoms with Gasteiger partial charge in [-0.1, -0.05) is 43.0 Å². The van der Waals surface area contributed by atoms with Crippen molar-refractivity contribution >= 4 is 23.2 Å². The summed E-state index contributed by atoms with van der Waals surface area (Å²) >= 11 is 12.4. The zero-order chi connectivity index (χ0) is 13.1. The Balaban J connectivity index is 2.19. The van der Waals surface area contributed by atoms with E-state index in [1.54, 1.807) is 0 Å². The highest BCUT2D eigenvalue weighted by atomic mass is 35.5. The summed E-state index contributed by atoms with van der Waals surface area (Å²) in [5.74, 6) is 1.54. The normalized spacial score (nSPS) is 26.0. The summed E-state index contributed by atoms with van der Waals surface area (Å²) in [4.78, 5) is 0. The lowest BCUT2D eigenvalue weighted by Crippen LogP contribution is -2.28. The van der Waals surface area contributed by atoms with Gasteiger partial charge in [0.05, 0.1) is 0 Å². The average Bonchev–Trinajstić information content (AvgIpc) is 2.37. The molecule has 1 unspecified atom stereocenters. The number of nitrogens with one attached hydrogen (secondary N) is 1. The Morgan fingerprint density at radius 1 is 1.17 bits per heavy atom. The Hall–Kier alpha value is -0.240. The van der Waals surface area contributed by atoms with Crippen molar-refractivity contribution in [2.45, 2.75) is 38.6 Å². The summed E-state index contributed by atoms with van der Waals surface area (Å²) in [5.41, 5.74) is 1.14. The van der Waals surface area contributed by atoms with Crippen molar-refractivity contribution in [3.63, 3.8) is 0 Å². The average molecular weight is 286 g/mol. The van der Waals surface area contributed by atoms with Crippen molar-refractivity contribution in [3.05, 3.63) is 33.8 Å². The molecule has 1 aliphatic carbocycles. The van der Waals surface area contributed by atoms with Crippen LogP contribution in [0.5, 0.6) is 0 Å². The van der Waals surface area contributed by atoms with Gasteiger partial charge < -0.3 is 5.32 Å². The molecule has 18 heavy (non-hydrogen) atoms. The topological polar surface area (TPSA) is 12.0 Å². The highest BCUT2D eigenvalue weighted by molar-refractivity contribution is 6.33. The zero-order valence-corrected chi connectivity index (χ0v) is 12.6. The minimum Gasteiger partial charge on any atom is -0.313 e. The predicted octanol–water partition coefficient (Wildman–Crippen LogP) is 5.08. The van der Waals surface area contributed by atoms with E-state index >= 15 is 0 Å². The molecule has 0 aromatic heterocycles. The van der Waals surface area contributed by atoms with Crippen LogP contribution in [0.2, 0.25) is 10.0 Å². The molecule has 1 N–H and O–H groups in total. The second-order valence-electron chi connectivity index (χ2n) is 5.45. The first-order valence-corrected chi connectivity index (χ1v) is 7.49. The smallest absolute Gasteiger partial charge is 0.0454 e. The molecule has 1 fully saturated rings. The number of benzene rings is 1. The molecule has 3 heteroatoms. The number of hydrogen-bond acceptors (Lipinski definition) is 1. The van der Waals surface area contributed by atoms with Gasteiger partial charge in [0.25, 0.3) is 0 Å². The molecule has 1 nitrogen and oxygen atoms in total. The largest absolute Gasteiger partial charge is 0.313 e. The molecule has 0 saturated heterocycles. The van der Waals surface area contributed by atoms with E-state index in [2.05, 4.69) is 12.2 Å². The molecule has 2 rings (SSSR count). The fraction of sp³-hybridized carbons (Fsp3) is 0.600. The second-order valence-corrected chi connectivity index (χ2v) is 6.30. The quantitative estimate of drug-likeness (QED) is 0.817. The minimum absolute atomic E-state index is 0.323. The van der Waals surface area contributed by atoms with Crippen LogP contribution >= 0.6 is 23.2 Å². The molecule has 0 heterocycles. The summed E-state index contributed by atoms with van der Waals surface area (Å²) < 4.78 is 0. The van der Waals surface area contributed by atoms with Crippen LogP contribution in [0, 0.1) is 11.8 Å². The number of halogens is 2. The SMILES string of the molecule is CNC(c1cc(Cl)ccc1Cl)C1CCC(C)CC1. The molecular formula is C15H21Cl2N. The molecular weight excluding hydrogens is 265 g/mol. The molecule has 0 aliphatic heterocycles. The first kappa shape index (κ1) is 14.2. The second kappa shape index (κ2) is 6.27. The highest BCUT2D eigenvalue weighted by Gasteiger charge is 2.27. The van der Waals surface area contributed by atoms with Crippen LogP contribution in [0.15, 0.2) is 18.2 Å². The van der Waals surface area contributed by atoms with E-state index in [1.165, 1.54) is 25.7 Å². The van der Waals surface area contributed by atoms with Gasteiger partial charge in [0.1, 0.15) is 0 Å². The fourth-order valence-corrected chi connectivity index (χ4v) is 3.43. The van der Waals surface area contributed by atoms with Crippen LogP contribution < -0.4 is 5.32 Å². The van der Waals surface area contributed by atoms with Gasteiger partial charge in [-0.15, -0.1) is 0 Å². The zero-order valence-electron chi connectivity index (χ0n) is 11.0. The third-order valence-electron chi connectivity index (χ3n) is 4.14. The maximum Gasteiger partial charge on any atom is 0.0454 e. The Morgan fingerprint density at radius 2 is 1.83 bits per heavy atom. The molecule has 100 valence electrons. The van der Waals surface area contributed by atoms with Gasteiger partial charge >= 0.3 is 0 Å². The maximum atomic E-state index is 6.32. The maximum absolute atomic E-state index is 6.32. The van der Waals surface area contributed by atoms with Crippen LogP contribution in [-0.2, 0) is 0 Å². The summed E-state index contributed by atoms with van der Waals surface area (Å²) in [6.07, 6.45) is 5.19. The first-order chi connectivity index (χ1) is 8.61. The molecule has 0 amide bonds. The Kier molecular flexibility index (Phi) is 4.94. The fourth-order valence-electron chi connectivity index (χ4n) is 3.02. The summed E-state index contributed by atoms with van der Waals surface area (Å²) in [6, 6.07) is 6.07. The Bertz CT molecular complexity index is 397. The third kappa shape index (κ3) is 3.20. The first-order valence-electron chi connectivity index (χ1n) is 6.74. The van der Waals surface area contributed by atoms with Gasteiger partial charge in [0.15, 0.2) is 0 Å². The lowest BCUT2D eigenvalue weighted by Gasteiger charge is -2.33. The summed E-state index contributed by atoms with van der Waals surface area (Å²) in [7, 11) is 2.01. The molecule has 0 radical (unpaired) electrons. The van der Waals surface area contributed by atoms with E-state index < -0.39 is 0 Å². The lowest BCUT2D eigenvalue weighted by molar-refractivity contribution is 0.238. The van der Waals surface area contributed by atoms with Crippen molar-refractivity contribution in [2.75, 3.05) is 7.05 Å². The number of hydrogen-bond donors (Lipinski definition) is 1. The van der Waals surface area contributed by atoms with Gasteiger partial charge in [0.2, 0.25) is 0 Å². The molecule has 1 aromatic rings. The third-order valence-corrected chi connectivity index (χ3v) is 4.72. The molecule has 1 aromatic carbocycles. The molecule has 1 aliphatic rings. The van der Waals surface area contributed by atoms with Crippen LogP contribution in [0.4, 0.5) is 0 Å². The van der Waals surface area contributed by atoms with E-state index in [0.717, 1.165) is 21.5 Å². The van der Waals surface area contributed by atoms with E-state index in [9.17, 15) is 0 Å². The van der Waals surface area contributed by atoms with E-state index in [4.69, 9.17) is 23.2 Å². The Labute approximate surface area is 120 Å². The van der Waals surface area contributed by atoms with Crippen LogP contribution in [0.1, 0.15) is 44.2 Å². The lowest BCUT2D eigenvalue weighted by atomic mass is 9.77. The Morgan fingerprint density at radius 3 is 2.44 bits per heavy atom. The molecule has 1 saturated carbocycles. The van der Waals surface area contributed by atoms with E-state index in [0.29, 0.717) is 12.0 Å². The van der Waals surface area contributed by atoms with Crippen molar-refractivity contribution in [2.24, 2.45) is 11.8 Å². The highest BCUT2D eigenvalue weighted by Crippen LogP contribution is 2.39. The van der Waals surface area contributed by atoms with Gasteiger partial charge in [-0.3, -0.25) is 0 Å². The molecule has 1 atom stereocenters. The van der Waals surface area contributed by atoms with E-state index in [1.807, 2.05) is 25.2 Å². The van der Waals surface area contributed by atoms with Gasteiger partial charge in [-0.05, 0) is 55.5 Å². The molecule has 0 spiro atoms. The van der Waals surface area contributed by atoms with E-state index in [-0.39, 0.29) is 0 Å². The van der Waals surface area contributed by atoms with Crippen molar-refractivity contribution in [3.8, 4) is 0 Å². The van der Waals surface area contributed by atoms with Gasteiger partial charge in [-0.2, -0.15) is 0 Å². The number of rotatable bonds is 3. The van der Waals surface area contributed by atoms with Gasteiger partial charge in [-0.25, -0.2) is 0 Å². The monoisotopic (exact) mass is 285 g/mol. The summed E-state index contributed by atoms with van der Waals surface area (Å²) in [5, 5.41) is 5.01.